The van der Waals surface area contributed by atoms with Gasteiger partial charge in [-0.1, -0.05) is 65.0 Å². The molecule has 0 radical (unpaired) electrons. The lowest BCUT2D eigenvalue weighted by atomic mass is 9.33. The Hall–Kier alpha value is -2.45. The first-order chi connectivity index (χ1) is 23.8. The second-order valence-corrected chi connectivity index (χ2v) is 21.5. The number of amides is 1. The number of sulfone groups is 1. The molecule has 0 bridgehead atoms. The van der Waals surface area contributed by atoms with E-state index in [2.05, 4.69) is 59.5 Å². The van der Waals surface area contributed by atoms with Gasteiger partial charge in [-0.15, -0.1) is 0 Å². The molecule has 5 fully saturated rings. The Kier molecular flexibility index (Phi) is 8.89. The monoisotopic (exact) mass is 718 g/mol. The summed E-state index contributed by atoms with van der Waals surface area (Å²) < 4.78 is 24.3. The summed E-state index contributed by atoms with van der Waals surface area (Å²) in [4.78, 5) is 27.4. The molecule has 51 heavy (non-hydrogen) atoms. The van der Waals surface area contributed by atoms with Crippen LogP contribution in [0.3, 0.4) is 0 Å². The molecule has 0 spiro atoms. The van der Waals surface area contributed by atoms with E-state index in [0.29, 0.717) is 41.6 Å². The third kappa shape index (κ3) is 5.62. The van der Waals surface area contributed by atoms with Crippen LogP contribution in [0.25, 0.3) is 5.57 Å². The van der Waals surface area contributed by atoms with E-state index in [-0.39, 0.29) is 57.2 Å². The van der Waals surface area contributed by atoms with Crippen LogP contribution in [0.4, 0.5) is 0 Å². The van der Waals surface area contributed by atoms with Crippen molar-refractivity contribution < 1.29 is 23.1 Å². The standard InChI is InChI=1S/C43H62N2O5S/c1-27(2)31-15-21-43(44-36(46)25-45(8)30-18-24-51(49,50)26-30)23-22-41(6)33(37(31)43)13-14-35-40(5)19-16-32(28-9-11-29(12-10-28)38(47)48)39(3,4)34(40)17-20-42(35,41)7/h9-12,16,30-31,33-35,37H,1,13-15,17-26H2,2-8H3,(H,44,46)(H,47,48)/t30?,31?,33-,34+,35-,37-,40+,41-,42-,43+/m1/s1. The molecule has 7 nitrogen and oxygen atoms in total. The number of benzene rings is 1. The van der Waals surface area contributed by atoms with Crippen molar-refractivity contribution in [3.8, 4) is 0 Å². The number of hydrogen-bond acceptors (Lipinski definition) is 5. The fourth-order valence-electron chi connectivity index (χ4n) is 14.1. The van der Waals surface area contributed by atoms with E-state index in [1.165, 1.54) is 36.8 Å². The summed E-state index contributed by atoms with van der Waals surface area (Å²) in [5.41, 5.74) is 4.31. The van der Waals surface area contributed by atoms with E-state index in [9.17, 15) is 23.1 Å². The quantitative estimate of drug-likeness (QED) is 0.277. The summed E-state index contributed by atoms with van der Waals surface area (Å²) in [7, 11) is -1.11. The summed E-state index contributed by atoms with van der Waals surface area (Å²) >= 11 is 0. The van der Waals surface area contributed by atoms with E-state index in [4.69, 9.17) is 0 Å². The summed E-state index contributed by atoms with van der Waals surface area (Å²) in [5.74, 6) is 1.91. The highest BCUT2D eigenvalue weighted by molar-refractivity contribution is 7.91. The number of carboxylic acid groups (broad SMARTS) is 1. The Bertz CT molecular complexity index is 1750. The Morgan fingerprint density at radius 1 is 0.922 bits per heavy atom. The second kappa shape index (κ2) is 12.3. The Morgan fingerprint density at radius 2 is 1.63 bits per heavy atom. The highest BCUT2D eigenvalue weighted by Crippen LogP contribution is 2.76. The largest absolute Gasteiger partial charge is 0.478 e. The van der Waals surface area contributed by atoms with Gasteiger partial charge >= 0.3 is 5.97 Å². The van der Waals surface area contributed by atoms with Gasteiger partial charge in [-0.25, -0.2) is 13.2 Å². The van der Waals surface area contributed by atoms with Crippen molar-refractivity contribution in [2.75, 3.05) is 25.1 Å². The Morgan fingerprint density at radius 3 is 2.25 bits per heavy atom. The molecule has 1 heterocycles. The van der Waals surface area contributed by atoms with Gasteiger partial charge in [-0.05, 0) is 153 Å². The van der Waals surface area contributed by atoms with Gasteiger partial charge < -0.3 is 10.4 Å². The third-order valence-corrected chi connectivity index (χ3v) is 18.5. The van der Waals surface area contributed by atoms with E-state index in [0.717, 1.165) is 37.7 Å². The van der Waals surface area contributed by atoms with Crippen LogP contribution in [-0.4, -0.2) is 67.0 Å². The number of allylic oxidation sites excluding steroid dienone is 3. The molecular weight excluding hydrogens is 657 g/mol. The topological polar surface area (TPSA) is 104 Å². The number of rotatable bonds is 7. The number of carboxylic acids is 1. The van der Waals surface area contributed by atoms with E-state index in [1.807, 2.05) is 24.1 Å². The average molecular weight is 719 g/mol. The van der Waals surface area contributed by atoms with Crippen LogP contribution in [0.1, 0.15) is 122 Å². The molecule has 2 N–H and O–H groups in total. The summed E-state index contributed by atoms with van der Waals surface area (Å²) in [6.07, 6.45) is 13.1. The molecule has 1 aromatic rings. The van der Waals surface area contributed by atoms with Crippen molar-refractivity contribution >= 4 is 27.3 Å². The third-order valence-electron chi connectivity index (χ3n) is 16.7. The first-order valence-electron chi connectivity index (χ1n) is 19.7. The Labute approximate surface area is 307 Å². The predicted molar refractivity (Wildman–Crippen MR) is 204 cm³/mol. The number of nitrogens with zero attached hydrogens (tertiary/aromatic N) is 1. The maximum atomic E-state index is 13.9. The van der Waals surface area contributed by atoms with Crippen molar-refractivity contribution in [3.05, 3.63) is 53.6 Å². The van der Waals surface area contributed by atoms with Crippen molar-refractivity contribution in [2.45, 2.75) is 117 Å². The number of likely N-dealkylation sites (N-methyl/N-ethyl adjacent to an activating group) is 1. The zero-order valence-electron chi connectivity index (χ0n) is 32.2. The molecule has 1 aromatic carbocycles. The zero-order chi connectivity index (χ0) is 36.9. The maximum Gasteiger partial charge on any atom is 0.335 e. The van der Waals surface area contributed by atoms with Gasteiger partial charge in [0.05, 0.1) is 23.6 Å². The predicted octanol–water partition coefficient (Wildman–Crippen LogP) is 8.02. The van der Waals surface area contributed by atoms with Crippen LogP contribution in [-0.2, 0) is 14.6 Å². The van der Waals surface area contributed by atoms with Gasteiger partial charge in [-0.2, -0.15) is 0 Å². The molecule has 7 rings (SSSR count). The molecule has 1 amide bonds. The molecule has 1 aliphatic heterocycles. The summed E-state index contributed by atoms with van der Waals surface area (Å²) in [6.45, 7) is 19.7. The molecule has 280 valence electrons. The minimum absolute atomic E-state index is 0.0326. The smallest absolute Gasteiger partial charge is 0.335 e. The molecule has 0 aromatic heterocycles. The van der Waals surface area contributed by atoms with Gasteiger partial charge in [0.25, 0.3) is 0 Å². The number of nitrogens with one attached hydrogen (secondary N) is 1. The fourth-order valence-corrected chi connectivity index (χ4v) is 15.9. The minimum atomic E-state index is -3.01. The maximum absolute atomic E-state index is 13.9. The molecule has 8 heteroatoms. The van der Waals surface area contributed by atoms with Crippen molar-refractivity contribution in [1.29, 1.82) is 0 Å². The molecule has 5 aliphatic carbocycles. The van der Waals surface area contributed by atoms with Crippen LogP contribution in [0, 0.1) is 51.2 Å². The van der Waals surface area contributed by atoms with Crippen molar-refractivity contribution in [3.63, 3.8) is 0 Å². The normalized spacial score (nSPS) is 42.2. The van der Waals surface area contributed by atoms with E-state index in [1.54, 1.807) is 12.1 Å². The van der Waals surface area contributed by atoms with E-state index < -0.39 is 15.8 Å². The lowest BCUT2D eigenvalue weighted by Crippen LogP contribution is -2.68. The van der Waals surface area contributed by atoms with Gasteiger partial charge in [0, 0.05) is 11.6 Å². The highest BCUT2D eigenvalue weighted by atomic mass is 32.2. The van der Waals surface area contributed by atoms with Crippen LogP contribution < -0.4 is 5.32 Å². The molecule has 10 atom stereocenters. The van der Waals surface area contributed by atoms with Crippen molar-refractivity contribution in [2.24, 2.45) is 51.2 Å². The lowest BCUT2D eigenvalue weighted by Gasteiger charge is -2.72. The molecule has 4 saturated carbocycles. The van der Waals surface area contributed by atoms with Gasteiger partial charge in [0.1, 0.15) is 0 Å². The Balaban J connectivity index is 1.16. The lowest BCUT2D eigenvalue weighted by molar-refractivity contribution is -0.219. The van der Waals surface area contributed by atoms with Crippen LogP contribution in [0.5, 0.6) is 0 Å². The first kappa shape index (κ1) is 36.9. The molecule has 6 aliphatic rings. The van der Waals surface area contributed by atoms with Crippen LogP contribution >= 0.6 is 0 Å². The minimum Gasteiger partial charge on any atom is -0.478 e. The zero-order valence-corrected chi connectivity index (χ0v) is 33.0. The van der Waals surface area contributed by atoms with E-state index >= 15 is 0 Å². The number of aromatic carboxylic acids is 1. The highest BCUT2D eigenvalue weighted by Gasteiger charge is 2.70. The molecule has 2 unspecified atom stereocenters. The summed E-state index contributed by atoms with van der Waals surface area (Å²) in [6, 6.07) is 7.41. The van der Waals surface area contributed by atoms with Gasteiger partial charge in [0.15, 0.2) is 9.84 Å². The number of carbonyl (C=O) groups is 2. The van der Waals surface area contributed by atoms with Crippen LogP contribution in [0.2, 0.25) is 0 Å². The fraction of sp³-hybridized carbons (Fsp3) is 0.721. The van der Waals surface area contributed by atoms with Crippen molar-refractivity contribution in [1.82, 2.24) is 10.2 Å². The van der Waals surface area contributed by atoms with Gasteiger partial charge in [-0.3, -0.25) is 9.69 Å². The number of hydrogen-bond donors (Lipinski definition) is 2. The van der Waals surface area contributed by atoms with Gasteiger partial charge in [0.2, 0.25) is 5.91 Å². The average Bonchev–Trinajstić information content (AvgIpc) is 3.61. The molecular formula is C43H62N2O5S. The van der Waals surface area contributed by atoms with Crippen LogP contribution in [0.15, 0.2) is 42.5 Å². The molecule has 1 saturated heterocycles. The number of fused-ring (bicyclic) bond motifs is 7. The SMILES string of the molecule is C=C(C)C1CC[C@]2(NC(=O)CN(C)C3CCS(=O)(=O)C3)CC[C@]3(C)[C@H](CC[C@@H]4[C@@]5(C)CC=C(c6ccc(C(=O)O)cc6)C(C)(C)[C@@H]5CC[C@]43C)[C@@H]12. The number of carbonyl (C=O) groups excluding carboxylic acids is 1. The second-order valence-electron chi connectivity index (χ2n) is 19.3. The first-order valence-corrected chi connectivity index (χ1v) is 21.5. The summed E-state index contributed by atoms with van der Waals surface area (Å²) in [5, 5.41) is 13.2.